The van der Waals surface area contributed by atoms with Gasteiger partial charge in [0.15, 0.2) is 11.4 Å². The Labute approximate surface area is 116 Å². The molecular formula is C15H12N2O3. The summed E-state index contributed by atoms with van der Waals surface area (Å²) in [6, 6.07) is 12.2. The summed E-state index contributed by atoms with van der Waals surface area (Å²) in [5, 5.41) is 17.8. The maximum atomic E-state index is 11.1. The zero-order valence-corrected chi connectivity index (χ0v) is 10.8. The Morgan fingerprint density at radius 3 is 2.60 bits per heavy atom. The lowest BCUT2D eigenvalue weighted by Crippen LogP contribution is -2.06. The van der Waals surface area contributed by atoms with Gasteiger partial charge >= 0.3 is 5.97 Å². The maximum Gasteiger partial charge on any atom is 0.358 e. The number of benzene rings is 1. The van der Waals surface area contributed by atoms with Crippen molar-refractivity contribution in [2.24, 2.45) is 0 Å². The standard InChI is InChI=1S/C15H12N2O3/c1-10-2-7-13(14(17-10)15(18)19)20-9-12-5-3-11(8-16)4-6-12/h2-7H,9H2,1H3,(H,18,19). The van der Waals surface area contributed by atoms with Crippen molar-refractivity contribution in [3.05, 3.63) is 58.9 Å². The Morgan fingerprint density at radius 2 is 2.00 bits per heavy atom. The van der Waals surface area contributed by atoms with Gasteiger partial charge in [-0.2, -0.15) is 5.26 Å². The van der Waals surface area contributed by atoms with E-state index >= 15 is 0 Å². The van der Waals surface area contributed by atoms with Crippen molar-refractivity contribution in [1.29, 1.82) is 5.26 Å². The molecule has 0 spiro atoms. The summed E-state index contributed by atoms with van der Waals surface area (Å²) in [6.07, 6.45) is 0. The highest BCUT2D eigenvalue weighted by atomic mass is 16.5. The average molecular weight is 268 g/mol. The van der Waals surface area contributed by atoms with Gasteiger partial charge in [-0.3, -0.25) is 0 Å². The molecule has 0 fully saturated rings. The Morgan fingerprint density at radius 1 is 1.30 bits per heavy atom. The zero-order chi connectivity index (χ0) is 14.5. The zero-order valence-electron chi connectivity index (χ0n) is 10.8. The SMILES string of the molecule is Cc1ccc(OCc2ccc(C#N)cc2)c(C(=O)O)n1. The van der Waals surface area contributed by atoms with Crippen molar-refractivity contribution in [2.45, 2.75) is 13.5 Å². The van der Waals surface area contributed by atoms with E-state index in [2.05, 4.69) is 4.98 Å². The molecule has 0 aliphatic rings. The van der Waals surface area contributed by atoms with E-state index in [-0.39, 0.29) is 18.1 Å². The molecule has 0 bridgehead atoms. The predicted molar refractivity (Wildman–Crippen MR) is 71.4 cm³/mol. The smallest absolute Gasteiger partial charge is 0.358 e. The summed E-state index contributed by atoms with van der Waals surface area (Å²) in [5.41, 5.74) is 1.93. The van der Waals surface area contributed by atoms with Crippen molar-refractivity contribution >= 4 is 5.97 Å². The Balaban J connectivity index is 2.14. The molecule has 20 heavy (non-hydrogen) atoms. The molecule has 0 unspecified atom stereocenters. The topological polar surface area (TPSA) is 83.2 Å². The van der Waals surface area contributed by atoms with E-state index in [0.717, 1.165) is 5.56 Å². The molecule has 5 nitrogen and oxygen atoms in total. The Bertz CT molecular complexity index is 673. The minimum atomic E-state index is -1.12. The van der Waals surface area contributed by atoms with Crippen LogP contribution in [-0.2, 0) is 6.61 Å². The highest BCUT2D eigenvalue weighted by Gasteiger charge is 2.13. The average Bonchev–Trinajstić information content (AvgIpc) is 2.46. The van der Waals surface area contributed by atoms with Crippen molar-refractivity contribution in [2.75, 3.05) is 0 Å². The normalized spacial score (nSPS) is 9.80. The van der Waals surface area contributed by atoms with Crippen LogP contribution in [0, 0.1) is 18.3 Å². The first kappa shape index (κ1) is 13.6. The Hall–Kier alpha value is -2.87. The fraction of sp³-hybridized carbons (Fsp3) is 0.133. The van der Waals surface area contributed by atoms with Crippen LogP contribution in [0.4, 0.5) is 0 Å². The van der Waals surface area contributed by atoms with Crippen LogP contribution < -0.4 is 4.74 Å². The molecule has 0 atom stereocenters. The fourth-order valence-corrected chi connectivity index (χ4v) is 1.65. The maximum absolute atomic E-state index is 11.1. The number of hydrogen-bond donors (Lipinski definition) is 1. The summed E-state index contributed by atoms with van der Waals surface area (Å²) in [5.74, 6) is -0.893. The molecule has 0 aliphatic carbocycles. The van der Waals surface area contributed by atoms with Gasteiger partial charge in [-0.25, -0.2) is 9.78 Å². The number of nitrogens with zero attached hydrogens (tertiary/aromatic N) is 2. The fourth-order valence-electron chi connectivity index (χ4n) is 1.65. The summed E-state index contributed by atoms with van der Waals surface area (Å²) >= 11 is 0. The quantitative estimate of drug-likeness (QED) is 0.921. The predicted octanol–water partition coefficient (Wildman–Crippen LogP) is 2.54. The number of rotatable bonds is 4. The minimum Gasteiger partial charge on any atom is -0.486 e. The number of carboxylic acids is 1. The van der Waals surface area contributed by atoms with E-state index in [1.54, 1.807) is 43.3 Å². The van der Waals surface area contributed by atoms with Crippen molar-refractivity contribution < 1.29 is 14.6 Å². The molecule has 0 amide bonds. The molecule has 1 heterocycles. The van der Waals surface area contributed by atoms with E-state index in [9.17, 15) is 4.79 Å². The van der Waals surface area contributed by atoms with E-state index in [1.165, 1.54) is 0 Å². The number of hydrogen-bond acceptors (Lipinski definition) is 4. The summed E-state index contributed by atoms with van der Waals surface area (Å²) in [4.78, 5) is 15.0. The lowest BCUT2D eigenvalue weighted by molar-refractivity contribution is 0.0684. The first-order valence-corrected chi connectivity index (χ1v) is 5.93. The molecule has 1 aromatic carbocycles. The Kier molecular flexibility index (Phi) is 3.96. The van der Waals surface area contributed by atoms with Crippen LogP contribution in [0.3, 0.4) is 0 Å². The van der Waals surface area contributed by atoms with E-state index in [4.69, 9.17) is 15.1 Å². The third-order valence-corrected chi connectivity index (χ3v) is 2.68. The van der Waals surface area contributed by atoms with Crippen LogP contribution in [0.1, 0.15) is 27.3 Å². The molecule has 0 aliphatic heterocycles. The summed E-state index contributed by atoms with van der Waals surface area (Å²) in [7, 11) is 0. The van der Waals surface area contributed by atoms with Gasteiger partial charge in [-0.05, 0) is 36.8 Å². The highest BCUT2D eigenvalue weighted by Crippen LogP contribution is 2.18. The number of carbonyl (C=O) groups is 1. The molecule has 0 radical (unpaired) electrons. The third kappa shape index (κ3) is 3.12. The summed E-state index contributed by atoms with van der Waals surface area (Å²) < 4.78 is 5.49. The molecule has 100 valence electrons. The number of aromatic carboxylic acids is 1. The van der Waals surface area contributed by atoms with E-state index in [0.29, 0.717) is 11.3 Å². The molecule has 0 saturated heterocycles. The van der Waals surface area contributed by atoms with E-state index in [1.807, 2.05) is 6.07 Å². The van der Waals surface area contributed by atoms with Gasteiger partial charge < -0.3 is 9.84 Å². The number of aryl methyl sites for hydroxylation is 1. The van der Waals surface area contributed by atoms with Gasteiger partial charge in [0.2, 0.25) is 0 Å². The van der Waals surface area contributed by atoms with Crippen LogP contribution in [0.15, 0.2) is 36.4 Å². The van der Waals surface area contributed by atoms with Gasteiger partial charge in [0.1, 0.15) is 6.61 Å². The van der Waals surface area contributed by atoms with Crippen molar-refractivity contribution in [3.63, 3.8) is 0 Å². The van der Waals surface area contributed by atoms with Crippen molar-refractivity contribution in [1.82, 2.24) is 4.98 Å². The lowest BCUT2D eigenvalue weighted by Gasteiger charge is -2.09. The molecule has 5 heteroatoms. The highest BCUT2D eigenvalue weighted by molar-refractivity contribution is 5.88. The number of pyridine rings is 1. The van der Waals surface area contributed by atoms with Crippen LogP contribution in [-0.4, -0.2) is 16.1 Å². The monoisotopic (exact) mass is 268 g/mol. The number of ether oxygens (including phenoxy) is 1. The van der Waals surface area contributed by atoms with Crippen molar-refractivity contribution in [3.8, 4) is 11.8 Å². The van der Waals surface area contributed by atoms with Crippen LogP contribution in [0.25, 0.3) is 0 Å². The van der Waals surface area contributed by atoms with Gasteiger partial charge in [-0.1, -0.05) is 12.1 Å². The van der Waals surface area contributed by atoms with E-state index < -0.39 is 5.97 Å². The molecule has 2 aromatic rings. The van der Waals surface area contributed by atoms with Gasteiger partial charge in [0.05, 0.1) is 11.6 Å². The molecule has 0 saturated carbocycles. The first-order valence-electron chi connectivity index (χ1n) is 5.93. The van der Waals surface area contributed by atoms with Crippen LogP contribution in [0.5, 0.6) is 5.75 Å². The molecule has 2 rings (SSSR count). The second-order valence-corrected chi connectivity index (χ2v) is 4.20. The molecule has 1 aromatic heterocycles. The van der Waals surface area contributed by atoms with Crippen LogP contribution in [0.2, 0.25) is 0 Å². The largest absolute Gasteiger partial charge is 0.486 e. The number of carboxylic acid groups (broad SMARTS) is 1. The minimum absolute atomic E-state index is 0.0985. The number of aromatic nitrogens is 1. The second-order valence-electron chi connectivity index (χ2n) is 4.20. The summed E-state index contributed by atoms with van der Waals surface area (Å²) in [6.45, 7) is 1.94. The van der Waals surface area contributed by atoms with Crippen LogP contribution >= 0.6 is 0 Å². The molecular weight excluding hydrogens is 256 g/mol. The third-order valence-electron chi connectivity index (χ3n) is 2.68. The van der Waals surface area contributed by atoms with Gasteiger partial charge in [0, 0.05) is 5.69 Å². The van der Waals surface area contributed by atoms with Gasteiger partial charge in [-0.15, -0.1) is 0 Å². The van der Waals surface area contributed by atoms with Gasteiger partial charge in [0.25, 0.3) is 0 Å². The first-order chi connectivity index (χ1) is 9.60. The molecule has 1 N–H and O–H groups in total. The lowest BCUT2D eigenvalue weighted by atomic mass is 10.1. The number of nitriles is 1. The second kappa shape index (κ2) is 5.85.